The maximum Gasteiger partial charge on any atom is 0.277 e. The molecule has 0 aliphatic carbocycles. The Morgan fingerprint density at radius 1 is 1.33 bits per heavy atom. The third-order valence-electron chi connectivity index (χ3n) is 5.46. The predicted octanol–water partition coefficient (Wildman–Crippen LogP) is 2.38. The summed E-state index contributed by atoms with van der Waals surface area (Å²) in [5.74, 6) is -2.00. The number of nitrogens with zero attached hydrogens (tertiary/aromatic N) is 3. The number of aromatic nitrogens is 1. The van der Waals surface area contributed by atoms with Gasteiger partial charge >= 0.3 is 0 Å². The fourth-order valence-corrected chi connectivity index (χ4v) is 4.54. The van der Waals surface area contributed by atoms with E-state index in [0.29, 0.717) is 31.8 Å². The van der Waals surface area contributed by atoms with E-state index in [0.717, 1.165) is 29.7 Å². The molecule has 0 saturated carbocycles. The molecule has 1 amide bonds. The highest BCUT2D eigenvalue weighted by atomic mass is 32.1. The molecular formula is C21H26F3N7OS. The molecule has 1 unspecified atom stereocenters. The van der Waals surface area contributed by atoms with Crippen molar-refractivity contribution in [3.8, 4) is 10.6 Å². The number of thiazole rings is 1. The number of hydrogen-bond acceptors (Lipinski definition) is 7. The lowest BCUT2D eigenvalue weighted by molar-refractivity contribution is 0.0963. The normalized spacial score (nSPS) is 20.0. The van der Waals surface area contributed by atoms with Gasteiger partial charge in [-0.1, -0.05) is 17.4 Å². The Morgan fingerprint density at radius 3 is 2.64 bits per heavy atom. The maximum atomic E-state index is 14.7. The Bertz CT molecular complexity index is 1070. The van der Waals surface area contributed by atoms with Crippen LogP contribution in [-0.2, 0) is 0 Å². The molecule has 3 rings (SSSR count). The first-order valence-electron chi connectivity index (χ1n) is 10.3. The largest absolute Gasteiger partial charge is 0.403 e. The molecule has 8 nitrogen and oxygen atoms in total. The number of benzene rings is 1. The quantitative estimate of drug-likeness (QED) is 0.383. The van der Waals surface area contributed by atoms with Gasteiger partial charge in [-0.2, -0.15) is 0 Å². The van der Waals surface area contributed by atoms with E-state index in [2.05, 4.69) is 15.3 Å². The summed E-state index contributed by atoms with van der Waals surface area (Å²) in [5, 5.41) is 2.52. The Hall–Kier alpha value is -3.12. The molecule has 2 heterocycles. The van der Waals surface area contributed by atoms with Gasteiger partial charge in [-0.15, -0.1) is 0 Å². The minimum absolute atomic E-state index is 0.0172. The molecule has 0 radical (unpaired) electrons. The van der Waals surface area contributed by atoms with E-state index < -0.39 is 23.2 Å². The van der Waals surface area contributed by atoms with Gasteiger partial charge in [0, 0.05) is 39.3 Å². The van der Waals surface area contributed by atoms with Crippen LogP contribution in [0.5, 0.6) is 0 Å². The minimum Gasteiger partial charge on any atom is -0.403 e. The number of rotatable bonds is 5. The third kappa shape index (κ3) is 5.28. The van der Waals surface area contributed by atoms with Crippen molar-refractivity contribution in [1.82, 2.24) is 15.2 Å². The zero-order valence-electron chi connectivity index (χ0n) is 18.1. The number of alkyl halides is 1. The number of amidine groups is 1. The number of nitrogens with two attached hydrogens (primary N) is 3. The van der Waals surface area contributed by atoms with Crippen molar-refractivity contribution in [1.29, 1.82) is 0 Å². The fourth-order valence-electron chi connectivity index (χ4n) is 3.66. The molecule has 12 heteroatoms. The summed E-state index contributed by atoms with van der Waals surface area (Å²) < 4.78 is 42.9. The van der Waals surface area contributed by atoms with Gasteiger partial charge in [0.15, 0.2) is 5.69 Å². The number of halogens is 3. The number of carbonyl (C=O) groups is 1. The number of carbonyl (C=O) groups excluding carboxylic acids is 1. The number of hydrogen-bond donors (Lipinski definition) is 4. The van der Waals surface area contributed by atoms with Crippen LogP contribution in [0.3, 0.4) is 0 Å². The molecule has 1 atom stereocenters. The van der Waals surface area contributed by atoms with Gasteiger partial charge in [0.25, 0.3) is 5.91 Å². The zero-order valence-corrected chi connectivity index (χ0v) is 18.9. The lowest BCUT2D eigenvalue weighted by Crippen LogP contribution is -2.41. The van der Waals surface area contributed by atoms with Gasteiger partial charge in [0.05, 0.1) is 11.3 Å². The van der Waals surface area contributed by atoms with Crippen molar-refractivity contribution in [3.63, 3.8) is 0 Å². The van der Waals surface area contributed by atoms with Crippen LogP contribution in [-0.4, -0.2) is 54.0 Å². The average Bonchev–Trinajstić information content (AvgIpc) is 3.06. The lowest BCUT2D eigenvalue weighted by Gasteiger charge is -2.26. The van der Waals surface area contributed by atoms with E-state index in [4.69, 9.17) is 17.2 Å². The molecule has 2 aromatic rings. The summed E-state index contributed by atoms with van der Waals surface area (Å²) in [6.07, 6.45) is 2.26. The first-order chi connectivity index (χ1) is 15.7. The predicted molar refractivity (Wildman–Crippen MR) is 123 cm³/mol. The molecule has 1 aliphatic rings. The van der Waals surface area contributed by atoms with Gasteiger partial charge in [-0.05, 0) is 25.0 Å². The molecule has 1 aromatic carbocycles. The van der Waals surface area contributed by atoms with Gasteiger partial charge in [0.2, 0.25) is 0 Å². The summed E-state index contributed by atoms with van der Waals surface area (Å²) in [6, 6.07) is 3.41. The van der Waals surface area contributed by atoms with E-state index in [-0.39, 0.29) is 39.9 Å². The lowest BCUT2D eigenvalue weighted by atomic mass is 9.97. The molecule has 1 saturated heterocycles. The molecule has 1 aliphatic heterocycles. The molecule has 178 valence electrons. The third-order valence-corrected chi connectivity index (χ3v) is 6.36. The molecule has 0 bridgehead atoms. The summed E-state index contributed by atoms with van der Waals surface area (Å²) in [7, 11) is 1.53. The van der Waals surface area contributed by atoms with Crippen molar-refractivity contribution >= 4 is 28.1 Å². The highest BCUT2D eigenvalue weighted by Gasteiger charge is 2.32. The Morgan fingerprint density at radius 2 is 2.03 bits per heavy atom. The summed E-state index contributed by atoms with van der Waals surface area (Å²) in [5.41, 5.74) is 15.4. The number of amides is 1. The van der Waals surface area contributed by atoms with Gasteiger partial charge in [-0.3, -0.25) is 9.79 Å². The standard InChI is InChI=1S/C21H26F3N7OS/c1-28-18(31-8-3-6-21(24,11-26)7-9-31)14(10-25)29-19(32)16-17(27)33-20(30-16)15-12(22)4-2-5-13(15)23/h2,4-5,10H,3,6-9,11,25-27H2,1H3,(H,29,32)/b14-10+,28-18?. The number of anilines is 1. The summed E-state index contributed by atoms with van der Waals surface area (Å²) >= 11 is 0.787. The second-order valence-corrected chi connectivity index (χ2v) is 8.64. The molecule has 33 heavy (non-hydrogen) atoms. The van der Waals surface area contributed by atoms with E-state index in [1.807, 2.05) is 4.90 Å². The minimum atomic E-state index is -1.45. The molecule has 7 N–H and O–H groups in total. The van der Waals surface area contributed by atoms with Crippen LogP contribution in [0.1, 0.15) is 29.8 Å². The Balaban J connectivity index is 1.81. The molecule has 0 spiro atoms. The van der Waals surface area contributed by atoms with Crippen molar-refractivity contribution in [2.45, 2.75) is 24.9 Å². The number of nitrogens with one attached hydrogen (secondary N) is 1. The van der Waals surface area contributed by atoms with Crippen LogP contribution in [0.4, 0.5) is 18.2 Å². The van der Waals surface area contributed by atoms with E-state index in [9.17, 15) is 18.0 Å². The van der Waals surface area contributed by atoms with Crippen LogP contribution in [0.2, 0.25) is 0 Å². The average molecular weight is 482 g/mol. The first-order valence-corrected chi connectivity index (χ1v) is 11.1. The summed E-state index contributed by atoms with van der Waals surface area (Å²) in [4.78, 5) is 23.0. The second kappa shape index (κ2) is 10.2. The Labute approximate surface area is 193 Å². The van der Waals surface area contributed by atoms with Crippen LogP contribution in [0.15, 0.2) is 35.1 Å². The van der Waals surface area contributed by atoms with Crippen molar-refractivity contribution < 1.29 is 18.0 Å². The molecule has 1 aromatic heterocycles. The van der Waals surface area contributed by atoms with Crippen LogP contribution in [0.25, 0.3) is 10.6 Å². The van der Waals surface area contributed by atoms with E-state index in [1.54, 1.807) is 0 Å². The fraction of sp³-hybridized carbons (Fsp3) is 0.381. The molecular weight excluding hydrogens is 455 g/mol. The van der Waals surface area contributed by atoms with Crippen molar-refractivity contribution in [2.24, 2.45) is 16.5 Å². The van der Waals surface area contributed by atoms with Gasteiger partial charge in [0.1, 0.15) is 33.1 Å². The highest BCUT2D eigenvalue weighted by Crippen LogP contribution is 2.33. The zero-order chi connectivity index (χ0) is 24.2. The maximum absolute atomic E-state index is 14.7. The van der Waals surface area contributed by atoms with Crippen LogP contribution in [0, 0.1) is 11.6 Å². The number of aliphatic imine (C=N–C) groups is 1. The topological polar surface area (TPSA) is 136 Å². The van der Waals surface area contributed by atoms with Crippen molar-refractivity contribution in [3.05, 3.63) is 47.4 Å². The van der Waals surface area contributed by atoms with Crippen molar-refractivity contribution in [2.75, 3.05) is 32.4 Å². The van der Waals surface area contributed by atoms with Gasteiger partial charge in [-0.25, -0.2) is 18.2 Å². The smallest absolute Gasteiger partial charge is 0.277 e. The monoisotopic (exact) mass is 481 g/mol. The van der Waals surface area contributed by atoms with Gasteiger partial charge < -0.3 is 27.4 Å². The second-order valence-electron chi connectivity index (χ2n) is 7.61. The number of nitrogen functional groups attached to an aromatic ring is 1. The van der Waals surface area contributed by atoms with Crippen LogP contribution >= 0.6 is 11.3 Å². The Kier molecular flexibility index (Phi) is 7.59. The van der Waals surface area contributed by atoms with Crippen LogP contribution < -0.4 is 22.5 Å². The number of likely N-dealkylation sites (tertiary alicyclic amines) is 1. The SMILES string of the molecule is CN=C(/C(=C\N)NC(=O)c1nc(-c2c(F)cccc2F)sc1N)N1CCCC(F)(CN)CC1. The van der Waals surface area contributed by atoms with E-state index in [1.165, 1.54) is 13.1 Å². The highest BCUT2D eigenvalue weighted by molar-refractivity contribution is 7.19. The first kappa shape index (κ1) is 24.5. The summed E-state index contributed by atoms with van der Waals surface area (Å²) in [6.45, 7) is 0.772. The van der Waals surface area contributed by atoms with E-state index >= 15 is 0 Å². The molecule has 1 fully saturated rings.